The lowest BCUT2D eigenvalue weighted by Gasteiger charge is -2.23. The van der Waals surface area contributed by atoms with Crippen LogP contribution in [0.25, 0.3) is 0 Å². The molecule has 1 N–H and O–H groups in total. The molecule has 7 heteroatoms. The van der Waals surface area contributed by atoms with Crippen molar-refractivity contribution in [2.45, 2.75) is 24.3 Å². The molecule has 102 valence electrons. The lowest BCUT2D eigenvalue weighted by molar-refractivity contribution is 0.0276. The van der Waals surface area contributed by atoms with E-state index in [0.717, 1.165) is 4.47 Å². The summed E-state index contributed by atoms with van der Waals surface area (Å²) in [6.07, 6.45) is 0. The van der Waals surface area contributed by atoms with Gasteiger partial charge in [0.25, 0.3) is 0 Å². The van der Waals surface area contributed by atoms with E-state index in [1.165, 1.54) is 19.2 Å². The van der Waals surface area contributed by atoms with E-state index in [-0.39, 0.29) is 16.5 Å². The van der Waals surface area contributed by atoms with E-state index < -0.39 is 15.6 Å². The van der Waals surface area contributed by atoms with Crippen molar-refractivity contribution in [1.82, 2.24) is 4.72 Å². The van der Waals surface area contributed by atoms with Crippen LogP contribution in [-0.2, 0) is 14.8 Å². The molecule has 0 saturated heterocycles. The molecule has 0 saturated carbocycles. The first kappa shape index (κ1) is 15.9. The molecule has 0 heterocycles. The first-order valence-corrected chi connectivity index (χ1v) is 7.83. The number of hydrogen-bond acceptors (Lipinski definition) is 3. The molecular weight excluding hydrogens is 342 g/mol. The van der Waals surface area contributed by atoms with Gasteiger partial charge in [0, 0.05) is 18.1 Å². The Labute approximate surface area is 121 Å². The first-order valence-electron chi connectivity index (χ1n) is 5.18. The van der Waals surface area contributed by atoms with Gasteiger partial charge in [0.05, 0.1) is 10.6 Å². The number of nitrogens with one attached hydrogen (secondary N) is 1. The van der Waals surface area contributed by atoms with E-state index in [4.69, 9.17) is 16.3 Å². The van der Waals surface area contributed by atoms with Crippen LogP contribution in [0.1, 0.15) is 13.8 Å². The van der Waals surface area contributed by atoms with Gasteiger partial charge in [-0.3, -0.25) is 0 Å². The first-order chi connectivity index (χ1) is 8.18. The number of halogens is 2. The second kappa shape index (κ2) is 5.88. The number of ether oxygens (including phenoxy) is 1. The predicted octanol–water partition coefficient (Wildman–Crippen LogP) is 2.81. The Kier molecular flexibility index (Phi) is 5.20. The molecule has 1 rings (SSSR count). The summed E-state index contributed by atoms with van der Waals surface area (Å²) in [7, 11) is -2.11. The quantitative estimate of drug-likeness (QED) is 0.882. The van der Waals surface area contributed by atoms with Crippen molar-refractivity contribution < 1.29 is 13.2 Å². The Morgan fingerprint density at radius 3 is 2.56 bits per heavy atom. The zero-order chi connectivity index (χ0) is 14.0. The molecule has 0 aliphatic heterocycles. The second-order valence-electron chi connectivity index (χ2n) is 4.36. The summed E-state index contributed by atoms with van der Waals surface area (Å²) in [6.45, 7) is 3.75. The van der Waals surface area contributed by atoms with Gasteiger partial charge in [0.2, 0.25) is 10.0 Å². The lowest BCUT2D eigenvalue weighted by atomic mass is 10.1. The highest BCUT2D eigenvalue weighted by molar-refractivity contribution is 9.10. The average Bonchev–Trinajstić information content (AvgIpc) is 2.26. The van der Waals surface area contributed by atoms with Crippen LogP contribution < -0.4 is 4.72 Å². The fourth-order valence-corrected chi connectivity index (χ4v) is 3.35. The van der Waals surface area contributed by atoms with Crippen molar-refractivity contribution >= 4 is 37.6 Å². The van der Waals surface area contributed by atoms with Gasteiger partial charge in [0.1, 0.15) is 4.90 Å². The molecule has 0 atom stereocenters. The molecule has 4 nitrogen and oxygen atoms in total. The van der Waals surface area contributed by atoms with Crippen LogP contribution in [0.4, 0.5) is 0 Å². The molecule has 0 aliphatic rings. The topological polar surface area (TPSA) is 55.4 Å². The Bertz CT molecular complexity index is 531. The second-order valence-corrected chi connectivity index (χ2v) is 7.42. The fraction of sp³-hybridized carbons (Fsp3) is 0.455. The molecular formula is C11H15BrClNO3S. The van der Waals surface area contributed by atoms with Crippen molar-refractivity contribution in [3.8, 4) is 0 Å². The summed E-state index contributed by atoms with van der Waals surface area (Å²) < 4.78 is 32.5. The Hall–Kier alpha value is -0.140. The third-order valence-electron chi connectivity index (χ3n) is 2.42. The van der Waals surface area contributed by atoms with Crippen LogP contribution in [0.5, 0.6) is 0 Å². The number of benzene rings is 1. The van der Waals surface area contributed by atoms with Crippen molar-refractivity contribution in [1.29, 1.82) is 0 Å². The number of rotatable bonds is 5. The monoisotopic (exact) mass is 355 g/mol. The predicted molar refractivity (Wildman–Crippen MR) is 75.4 cm³/mol. The molecule has 1 aromatic rings. The Balaban J connectivity index is 2.94. The van der Waals surface area contributed by atoms with E-state index in [0.29, 0.717) is 0 Å². The van der Waals surface area contributed by atoms with Gasteiger partial charge in [-0.15, -0.1) is 0 Å². The summed E-state index contributed by atoms with van der Waals surface area (Å²) in [5.74, 6) is 0. The molecule has 0 aromatic heterocycles. The lowest BCUT2D eigenvalue weighted by Crippen LogP contribution is -2.39. The van der Waals surface area contributed by atoms with Gasteiger partial charge < -0.3 is 4.74 Å². The van der Waals surface area contributed by atoms with Crippen molar-refractivity contribution in [3.63, 3.8) is 0 Å². The highest BCUT2D eigenvalue weighted by Gasteiger charge is 2.23. The highest BCUT2D eigenvalue weighted by atomic mass is 79.9. The van der Waals surface area contributed by atoms with Gasteiger partial charge in [-0.1, -0.05) is 27.5 Å². The fourth-order valence-electron chi connectivity index (χ4n) is 1.11. The molecule has 0 aliphatic carbocycles. The SMILES string of the molecule is COC(C)(C)CNS(=O)(=O)c1ccc(Br)cc1Cl. The third kappa shape index (κ3) is 4.20. The zero-order valence-electron chi connectivity index (χ0n) is 10.3. The molecule has 0 spiro atoms. The number of methoxy groups -OCH3 is 1. The van der Waals surface area contributed by atoms with E-state index >= 15 is 0 Å². The maximum atomic E-state index is 12.1. The normalized spacial score (nSPS) is 12.7. The average molecular weight is 357 g/mol. The van der Waals surface area contributed by atoms with Crippen LogP contribution in [0.2, 0.25) is 5.02 Å². The molecule has 0 fully saturated rings. The minimum absolute atomic E-state index is 0.0549. The van der Waals surface area contributed by atoms with E-state index in [2.05, 4.69) is 20.7 Å². The van der Waals surface area contributed by atoms with Crippen molar-refractivity contribution in [3.05, 3.63) is 27.7 Å². The van der Waals surface area contributed by atoms with Crippen LogP contribution >= 0.6 is 27.5 Å². The summed E-state index contributed by atoms with van der Waals surface area (Å²) in [6, 6.07) is 4.62. The largest absolute Gasteiger partial charge is 0.377 e. The maximum absolute atomic E-state index is 12.1. The van der Waals surface area contributed by atoms with Crippen LogP contribution in [0, 0.1) is 0 Å². The molecule has 1 aromatic carbocycles. The highest BCUT2D eigenvalue weighted by Crippen LogP contribution is 2.25. The molecule has 0 unspecified atom stereocenters. The summed E-state index contributed by atoms with van der Waals surface area (Å²) >= 11 is 9.14. The van der Waals surface area contributed by atoms with Crippen LogP contribution in [-0.4, -0.2) is 27.7 Å². The molecule has 18 heavy (non-hydrogen) atoms. The van der Waals surface area contributed by atoms with Crippen LogP contribution in [0.15, 0.2) is 27.6 Å². The Morgan fingerprint density at radius 1 is 1.44 bits per heavy atom. The van der Waals surface area contributed by atoms with E-state index in [1.807, 2.05) is 0 Å². The van der Waals surface area contributed by atoms with Gasteiger partial charge >= 0.3 is 0 Å². The summed E-state index contributed by atoms with van der Waals surface area (Å²) in [5, 5.41) is 0.173. The third-order valence-corrected chi connectivity index (χ3v) is 4.80. The van der Waals surface area contributed by atoms with E-state index in [9.17, 15) is 8.42 Å². The number of hydrogen-bond donors (Lipinski definition) is 1. The van der Waals surface area contributed by atoms with Crippen molar-refractivity contribution in [2.75, 3.05) is 13.7 Å². The zero-order valence-corrected chi connectivity index (χ0v) is 13.5. The van der Waals surface area contributed by atoms with Gasteiger partial charge in [-0.25, -0.2) is 13.1 Å². The minimum Gasteiger partial charge on any atom is -0.377 e. The molecule has 0 amide bonds. The molecule has 0 bridgehead atoms. The van der Waals surface area contributed by atoms with Crippen LogP contribution in [0.3, 0.4) is 0 Å². The van der Waals surface area contributed by atoms with E-state index in [1.54, 1.807) is 19.9 Å². The van der Waals surface area contributed by atoms with Gasteiger partial charge in [-0.05, 0) is 32.0 Å². The Morgan fingerprint density at radius 2 is 2.06 bits per heavy atom. The summed E-state index contributed by atoms with van der Waals surface area (Å²) in [4.78, 5) is 0.0549. The van der Waals surface area contributed by atoms with Crippen molar-refractivity contribution in [2.24, 2.45) is 0 Å². The number of sulfonamides is 1. The maximum Gasteiger partial charge on any atom is 0.242 e. The van der Waals surface area contributed by atoms with Gasteiger partial charge in [0.15, 0.2) is 0 Å². The van der Waals surface area contributed by atoms with Gasteiger partial charge in [-0.2, -0.15) is 0 Å². The standard InChI is InChI=1S/C11H15BrClNO3S/c1-11(2,17-3)7-14-18(15,16)10-5-4-8(12)6-9(10)13/h4-6,14H,7H2,1-3H3. The smallest absolute Gasteiger partial charge is 0.242 e. The minimum atomic E-state index is -3.63. The summed E-state index contributed by atoms with van der Waals surface area (Å²) in [5.41, 5.74) is -0.574. The molecule has 0 radical (unpaired) electrons.